The Hall–Kier alpha value is -3.40. The summed E-state index contributed by atoms with van der Waals surface area (Å²) in [5.74, 6) is 0. The van der Waals surface area contributed by atoms with Crippen LogP contribution in [0.2, 0.25) is 0 Å². The molecule has 4 heteroatoms. The second kappa shape index (κ2) is 7.13. The average Bonchev–Trinajstić information content (AvgIpc) is 3.49. The molecule has 150 valence electrons. The summed E-state index contributed by atoms with van der Waals surface area (Å²) in [6.45, 7) is 10.6. The second-order valence-corrected chi connectivity index (χ2v) is 7.86. The van der Waals surface area contributed by atoms with E-state index in [9.17, 15) is 0 Å². The number of hydrogen-bond donors (Lipinski definition) is 0. The fraction of sp³-hybridized carbons (Fsp3) is 0.231. The van der Waals surface area contributed by atoms with E-state index in [1.165, 1.54) is 22.2 Å². The van der Waals surface area contributed by atoms with Crippen LogP contribution >= 0.6 is 0 Å². The van der Waals surface area contributed by atoms with Gasteiger partial charge in [-0.2, -0.15) is 0 Å². The number of aryl methyl sites for hydroxylation is 4. The molecular formula is C26H26N4. The number of nitrogens with zero attached hydrogens (tertiary/aromatic N) is 4. The predicted octanol–water partition coefficient (Wildman–Crippen LogP) is 6.26. The lowest BCUT2D eigenvalue weighted by atomic mass is 10.2. The molecule has 3 aromatic heterocycles. The third-order valence-corrected chi connectivity index (χ3v) is 6.12. The first-order valence-corrected chi connectivity index (χ1v) is 10.6. The van der Waals surface area contributed by atoms with E-state index in [1.807, 2.05) is 0 Å². The van der Waals surface area contributed by atoms with Gasteiger partial charge in [0.15, 0.2) is 0 Å². The lowest BCUT2D eigenvalue weighted by Gasteiger charge is -2.02. The third kappa shape index (κ3) is 3.00. The van der Waals surface area contributed by atoms with Crippen molar-refractivity contribution in [2.75, 3.05) is 0 Å². The number of aromatic nitrogens is 4. The van der Waals surface area contributed by atoms with Crippen molar-refractivity contribution in [3.63, 3.8) is 0 Å². The quantitative estimate of drug-likeness (QED) is 0.354. The molecule has 2 aliphatic rings. The van der Waals surface area contributed by atoms with Gasteiger partial charge in [0.25, 0.3) is 0 Å². The first kappa shape index (κ1) is 18.6. The van der Waals surface area contributed by atoms with E-state index in [1.54, 1.807) is 0 Å². The Kier molecular flexibility index (Phi) is 4.43. The van der Waals surface area contributed by atoms with Crippen LogP contribution in [0.5, 0.6) is 0 Å². The predicted molar refractivity (Wildman–Crippen MR) is 127 cm³/mol. The molecule has 30 heavy (non-hydrogen) atoms. The standard InChI is InChI=1S/C26H26N4/c1-5-29-23-11-12-24(29)14-20-8-10-22(28-20)16-26-18(4)17(3)25(30(26)6-2)15-21-9-7-19(13-23)27-21/h7-16H,5-6H2,1-4H3. The highest BCUT2D eigenvalue weighted by molar-refractivity contribution is 5.80. The van der Waals surface area contributed by atoms with Crippen LogP contribution in [0.25, 0.3) is 46.4 Å². The summed E-state index contributed by atoms with van der Waals surface area (Å²) in [6, 6.07) is 13.0. The van der Waals surface area contributed by atoms with Gasteiger partial charge in [0.2, 0.25) is 0 Å². The van der Waals surface area contributed by atoms with Gasteiger partial charge >= 0.3 is 0 Å². The monoisotopic (exact) mass is 394 g/mol. The second-order valence-electron chi connectivity index (χ2n) is 7.86. The van der Waals surface area contributed by atoms with E-state index < -0.39 is 0 Å². The molecule has 0 saturated carbocycles. The number of hydrogen-bond acceptors (Lipinski definition) is 2. The van der Waals surface area contributed by atoms with Gasteiger partial charge in [0.05, 0.1) is 22.8 Å². The third-order valence-electron chi connectivity index (χ3n) is 6.12. The Bertz CT molecular complexity index is 1280. The Morgan fingerprint density at radius 1 is 0.600 bits per heavy atom. The minimum absolute atomic E-state index is 0.896. The van der Waals surface area contributed by atoms with Gasteiger partial charge < -0.3 is 9.13 Å². The molecule has 0 atom stereocenters. The molecule has 0 unspecified atom stereocenters. The molecule has 0 saturated heterocycles. The molecular weight excluding hydrogens is 368 g/mol. The van der Waals surface area contributed by atoms with Crippen molar-refractivity contribution in [1.29, 1.82) is 0 Å². The lowest BCUT2D eigenvalue weighted by Crippen LogP contribution is -1.94. The Labute approximate surface area is 176 Å². The van der Waals surface area contributed by atoms with E-state index in [0.29, 0.717) is 0 Å². The normalized spacial score (nSPS) is 12.7. The Morgan fingerprint density at radius 3 is 1.40 bits per heavy atom. The zero-order chi connectivity index (χ0) is 20.8. The van der Waals surface area contributed by atoms with Crippen LogP contribution in [-0.4, -0.2) is 19.1 Å². The molecule has 5 heterocycles. The molecule has 8 bridgehead atoms. The summed E-state index contributed by atoms with van der Waals surface area (Å²) in [6.07, 6.45) is 8.40. The zero-order valence-electron chi connectivity index (χ0n) is 18.0. The van der Waals surface area contributed by atoms with Gasteiger partial charge in [-0.3, -0.25) is 0 Å². The maximum atomic E-state index is 4.87. The Balaban J connectivity index is 1.95. The van der Waals surface area contributed by atoms with Crippen molar-refractivity contribution in [2.24, 2.45) is 0 Å². The van der Waals surface area contributed by atoms with Gasteiger partial charge in [-0.25, -0.2) is 9.97 Å². The molecule has 5 rings (SSSR count). The average molecular weight is 395 g/mol. The fourth-order valence-electron chi connectivity index (χ4n) is 4.44. The van der Waals surface area contributed by atoms with Crippen molar-refractivity contribution in [2.45, 2.75) is 40.8 Å². The molecule has 0 N–H and O–H groups in total. The van der Waals surface area contributed by atoms with Crippen LogP contribution in [0.15, 0.2) is 36.4 Å². The van der Waals surface area contributed by atoms with E-state index in [2.05, 4.69) is 97.5 Å². The van der Waals surface area contributed by atoms with Crippen LogP contribution in [-0.2, 0) is 13.1 Å². The van der Waals surface area contributed by atoms with Crippen molar-refractivity contribution >= 4 is 46.4 Å². The molecule has 0 spiro atoms. The van der Waals surface area contributed by atoms with Crippen molar-refractivity contribution in [3.8, 4) is 0 Å². The van der Waals surface area contributed by atoms with Gasteiger partial charge in [-0.05, 0) is 99.5 Å². The highest BCUT2D eigenvalue weighted by Crippen LogP contribution is 2.26. The highest BCUT2D eigenvalue weighted by Gasteiger charge is 2.11. The number of rotatable bonds is 2. The molecule has 3 aromatic rings. The summed E-state index contributed by atoms with van der Waals surface area (Å²) in [5, 5.41) is 0. The van der Waals surface area contributed by atoms with Crippen LogP contribution in [0.1, 0.15) is 47.8 Å². The van der Waals surface area contributed by atoms with Gasteiger partial charge in [0.1, 0.15) is 0 Å². The van der Waals surface area contributed by atoms with E-state index in [-0.39, 0.29) is 0 Å². The minimum Gasteiger partial charge on any atom is -0.342 e. The molecule has 0 fully saturated rings. The summed E-state index contributed by atoms with van der Waals surface area (Å²) < 4.78 is 4.66. The van der Waals surface area contributed by atoms with E-state index in [4.69, 9.17) is 9.97 Å². The molecule has 0 aromatic carbocycles. The maximum absolute atomic E-state index is 4.87. The SMILES string of the molecule is CCn1c2ccc1cc1nc(cc3c(C)c(C)c(cc4nc(c2)C=C4)n3CC)C=C1. The summed E-state index contributed by atoms with van der Waals surface area (Å²) in [4.78, 5) is 9.74. The van der Waals surface area contributed by atoms with Crippen molar-refractivity contribution < 1.29 is 0 Å². The molecule has 0 aliphatic carbocycles. The molecule has 0 amide bonds. The van der Waals surface area contributed by atoms with Crippen LogP contribution < -0.4 is 0 Å². The Morgan fingerprint density at radius 2 is 1.00 bits per heavy atom. The van der Waals surface area contributed by atoms with Gasteiger partial charge in [-0.1, -0.05) is 0 Å². The lowest BCUT2D eigenvalue weighted by molar-refractivity contribution is 0.822. The first-order valence-electron chi connectivity index (χ1n) is 10.6. The van der Waals surface area contributed by atoms with Crippen molar-refractivity contribution in [1.82, 2.24) is 19.1 Å². The molecule has 4 nitrogen and oxygen atoms in total. The minimum atomic E-state index is 0.896. The van der Waals surface area contributed by atoms with Crippen molar-refractivity contribution in [3.05, 3.63) is 70.3 Å². The summed E-state index contributed by atoms with van der Waals surface area (Å²) >= 11 is 0. The first-order chi connectivity index (χ1) is 14.6. The molecule has 2 aliphatic heterocycles. The fourth-order valence-corrected chi connectivity index (χ4v) is 4.44. The van der Waals surface area contributed by atoms with Crippen LogP contribution in [0.3, 0.4) is 0 Å². The maximum Gasteiger partial charge on any atom is 0.0658 e. The smallest absolute Gasteiger partial charge is 0.0658 e. The van der Waals surface area contributed by atoms with Crippen LogP contribution in [0, 0.1) is 13.8 Å². The topological polar surface area (TPSA) is 35.6 Å². The molecule has 0 radical (unpaired) electrons. The highest BCUT2D eigenvalue weighted by atomic mass is 15.0. The van der Waals surface area contributed by atoms with E-state index in [0.717, 1.165) is 46.9 Å². The largest absolute Gasteiger partial charge is 0.342 e. The zero-order valence-corrected chi connectivity index (χ0v) is 18.0. The summed E-state index contributed by atoms with van der Waals surface area (Å²) in [5.41, 5.74) is 11.3. The van der Waals surface area contributed by atoms with Crippen LogP contribution in [0.4, 0.5) is 0 Å². The number of fused-ring (bicyclic) bond motifs is 8. The van der Waals surface area contributed by atoms with Gasteiger partial charge in [-0.15, -0.1) is 0 Å². The summed E-state index contributed by atoms with van der Waals surface area (Å²) in [7, 11) is 0. The van der Waals surface area contributed by atoms with E-state index >= 15 is 0 Å². The van der Waals surface area contributed by atoms with Gasteiger partial charge in [0, 0.05) is 35.2 Å².